The van der Waals surface area contributed by atoms with Crippen LogP contribution >= 0.6 is 0 Å². The number of hydrogen-bond donors (Lipinski definition) is 1. The van der Waals surface area contributed by atoms with Gasteiger partial charge in [0.25, 0.3) is 0 Å². The van der Waals surface area contributed by atoms with Crippen molar-refractivity contribution in [2.45, 2.75) is 44.9 Å². The van der Waals surface area contributed by atoms with Gasteiger partial charge in [-0.2, -0.15) is 0 Å². The summed E-state index contributed by atoms with van der Waals surface area (Å²) in [4.78, 5) is 35.7. The van der Waals surface area contributed by atoms with Crippen LogP contribution in [-0.4, -0.2) is 31.1 Å². The molecular formula is C24H27NO6. The van der Waals surface area contributed by atoms with Gasteiger partial charge in [-0.25, -0.2) is 4.79 Å². The maximum Gasteiger partial charge on any atom is 0.344 e. The molecule has 0 heterocycles. The predicted octanol–water partition coefficient (Wildman–Crippen LogP) is 3.33. The number of carbonyl (C=O) groups is 3. The van der Waals surface area contributed by atoms with Crippen LogP contribution in [0.25, 0.3) is 0 Å². The quantitative estimate of drug-likeness (QED) is 0.393. The fraction of sp³-hybridized carbons (Fsp3) is 0.375. The van der Waals surface area contributed by atoms with E-state index in [1.807, 2.05) is 18.2 Å². The van der Waals surface area contributed by atoms with E-state index in [9.17, 15) is 14.4 Å². The molecule has 1 unspecified atom stereocenters. The number of carbonyl (C=O) groups excluding carboxylic acids is 3. The zero-order chi connectivity index (χ0) is 22.2. The molecule has 1 atom stereocenters. The summed E-state index contributed by atoms with van der Waals surface area (Å²) < 4.78 is 15.2. The van der Waals surface area contributed by atoms with Crippen LogP contribution in [0.4, 0.5) is 5.69 Å². The van der Waals surface area contributed by atoms with Gasteiger partial charge in [0, 0.05) is 12.1 Å². The number of ether oxygens (including phenoxy) is 3. The normalized spacial score (nSPS) is 14.9. The number of nitrogens with two attached hydrogens (primary N) is 1. The first kappa shape index (κ1) is 22.3. The van der Waals surface area contributed by atoms with E-state index in [1.165, 1.54) is 0 Å². The molecule has 7 heteroatoms. The molecule has 0 fully saturated rings. The Morgan fingerprint density at radius 2 is 1.81 bits per heavy atom. The lowest BCUT2D eigenvalue weighted by Gasteiger charge is -2.24. The molecule has 2 aromatic rings. The van der Waals surface area contributed by atoms with Gasteiger partial charge in [-0.1, -0.05) is 18.2 Å². The standard InChI is InChI=1S/C24H27NO6/c1-2-29-23(27)15-30-22(26)13-8-16-6-11-19(12-7-16)31-24(28)20-5-3-4-17-9-10-18(25)14-21(17)20/h6-7,9-12,14,20H,2-5,8,13,15,25H2,1H3. The van der Waals surface area contributed by atoms with Gasteiger partial charge in [0.05, 0.1) is 12.5 Å². The van der Waals surface area contributed by atoms with Gasteiger partial charge in [-0.3, -0.25) is 9.59 Å². The Morgan fingerprint density at radius 1 is 1.03 bits per heavy atom. The Hall–Kier alpha value is -3.35. The summed E-state index contributed by atoms with van der Waals surface area (Å²) in [5, 5.41) is 0. The summed E-state index contributed by atoms with van der Waals surface area (Å²) in [6.45, 7) is 1.55. The van der Waals surface area contributed by atoms with Gasteiger partial charge in [0.1, 0.15) is 5.75 Å². The van der Waals surface area contributed by atoms with E-state index in [-0.39, 0.29) is 31.5 Å². The molecule has 0 radical (unpaired) electrons. The van der Waals surface area contributed by atoms with E-state index < -0.39 is 11.9 Å². The van der Waals surface area contributed by atoms with Gasteiger partial charge in [0.15, 0.2) is 6.61 Å². The molecule has 0 amide bonds. The Balaban J connectivity index is 1.51. The van der Waals surface area contributed by atoms with Gasteiger partial charge < -0.3 is 19.9 Å². The minimum absolute atomic E-state index is 0.138. The van der Waals surface area contributed by atoms with Crippen LogP contribution in [0.15, 0.2) is 42.5 Å². The number of nitrogen functional groups attached to an aromatic ring is 1. The van der Waals surface area contributed by atoms with Crippen molar-refractivity contribution in [2.75, 3.05) is 18.9 Å². The lowest BCUT2D eigenvalue weighted by molar-refractivity contribution is -0.158. The van der Waals surface area contributed by atoms with E-state index in [2.05, 4.69) is 0 Å². The minimum Gasteiger partial charge on any atom is -0.463 e. The summed E-state index contributed by atoms with van der Waals surface area (Å²) in [5.41, 5.74) is 9.54. The number of rotatable bonds is 8. The molecule has 0 bridgehead atoms. The summed E-state index contributed by atoms with van der Waals surface area (Å²) in [6, 6.07) is 12.7. The fourth-order valence-corrected chi connectivity index (χ4v) is 3.63. The van der Waals surface area contributed by atoms with E-state index in [0.29, 0.717) is 17.9 Å². The topological polar surface area (TPSA) is 105 Å². The van der Waals surface area contributed by atoms with Crippen LogP contribution in [0.1, 0.15) is 48.8 Å². The third-order valence-corrected chi connectivity index (χ3v) is 5.18. The first-order valence-corrected chi connectivity index (χ1v) is 10.5. The van der Waals surface area contributed by atoms with Crippen LogP contribution in [0.5, 0.6) is 5.75 Å². The van der Waals surface area contributed by atoms with Gasteiger partial charge >= 0.3 is 17.9 Å². The molecule has 31 heavy (non-hydrogen) atoms. The molecule has 2 N–H and O–H groups in total. The van der Waals surface area contributed by atoms with Crippen LogP contribution in [-0.2, 0) is 36.7 Å². The molecule has 0 spiro atoms. The number of benzene rings is 2. The highest BCUT2D eigenvalue weighted by Crippen LogP contribution is 2.34. The van der Waals surface area contributed by atoms with Gasteiger partial charge in [0.2, 0.25) is 0 Å². The highest BCUT2D eigenvalue weighted by atomic mass is 16.6. The Labute approximate surface area is 181 Å². The number of esters is 3. The number of anilines is 1. The molecule has 1 aliphatic rings. The molecule has 0 saturated carbocycles. The van der Waals surface area contributed by atoms with Crippen LogP contribution in [0.3, 0.4) is 0 Å². The van der Waals surface area contributed by atoms with E-state index >= 15 is 0 Å². The van der Waals surface area contributed by atoms with Crippen molar-refractivity contribution in [3.8, 4) is 5.75 Å². The fourth-order valence-electron chi connectivity index (χ4n) is 3.63. The molecular weight excluding hydrogens is 398 g/mol. The van der Waals surface area contributed by atoms with Crippen molar-refractivity contribution in [1.29, 1.82) is 0 Å². The molecule has 0 aliphatic heterocycles. The maximum atomic E-state index is 12.8. The molecule has 2 aromatic carbocycles. The lowest BCUT2D eigenvalue weighted by Crippen LogP contribution is -2.23. The van der Waals surface area contributed by atoms with Crippen molar-refractivity contribution in [1.82, 2.24) is 0 Å². The van der Waals surface area contributed by atoms with Crippen molar-refractivity contribution < 1.29 is 28.6 Å². The highest BCUT2D eigenvalue weighted by Gasteiger charge is 2.28. The van der Waals surface area contributed by atoms with E-state index in [1.54, 1.807) is 31.2 Å². The second-order valence-electron chi connectivity index (χ2n) is 7.43. The zero-order valence-electron chi connectivity index (χ0n) is 17.6. The van der Waals surface area contributed by atoms with Crippen molar-refractivity contribution >= 4 is 23.6 Å². The first-order chi connectivity index (χ1) is 15.0. The number of hydrogen-bond acceptors (Lipinski definition) is 7. The molecule has 1 aliphatic carbocycles. The van der Waals surface area contributed by atoms with Crippen molar-refractivity contribution in [3.05, 3.63) is 59.2 Å². The molecule has 0 saturated heterocycles. The lowest BCUT2D eigenvalue weighted by atomic mass is 9.82. The Morgan fingerprint density at radius 3 is 2.55 bits per heavy atom. The van der Waals surface area contributed by atoms with Crippen molar-refractivity contribution in [3.63, 3.8) is 0 Å². The predicted molar refractivity (Wildman–Crippen MR) is 115 cm³/mol. The second-order valence-corrected chi connectivity index (χ2v) is 7.43. The Bertz CT molecular complexity index is 938. The Kier molecular flexibility index (Phi) is 7.65. The largest absolute Gasteiger partial charge is 0.463 e. The minimum atomic E-state index is -0.565. The molecule has 0 aromatic heterocycles. The number of fused-ring (bicyclic) bond motifs is 1. The third kappa shape index (κ3) is 6.31. The maximum absolute atomic E-state index is 12.8. The number of aryl methyl sites for hydroxylation is 2. The van der Waals surface area contributed by atoms with Gasteiger partial charge in [-0.15, -0.1) is 0 Å². The van der Waals surface area contributed by atoms with Crippen LogP contribution in [0, 0.1) is 0 Å². The van der Waals surface area contributed by atoms with E-state index in [0.717, 1.165) is 36.0 Å². The smallest absolute Gasteiger partial charge is 0.344 e. The van der Waals surface area contributed by atoms with Crippen LogP contribution < -0.4 is 10.5 Å². The molecule has 3 rings (SSSR count). The second kappa shape index (κ2) is 10.6. The van der Waals surface area contributed by atoms with Crippen LogP contribution in [0.2, 0.25) is 0 Å². The van der Waals surface area contributed by atoms with E-state index in [4.69, 9.17) is 19.9 Å². The zero-order valence-corrected chi connectivity index (χ0v) is 17.6. The average molecular weight is 425 g/mol. The molecule has 164 valence electrons. The highest BCUT2D eigenvalue weighted by molar-refractivity contribution is 5.81. The summed E-state index contributed by atoms with van der Waals surface area (Å²) in [6.07, 6.45) is 3.20. The SMILES string of the molecule is CCOC(=O)COC(=O)CCc1ccc(OC(=O)C2CCCc3ccc(N)cc32)cc1. The average Bonchev–Trinajstić information content (AvgIpc) is 2.77. The monoisotopic (exact) mass is 425 g/mol. The van der Waals surface area contributed by atoms with Gasteiger partial charge in [-0.05, 0) is 73.6 Å². The summed E-state index contributed by atoms with van der Waals surface area (Å²) >= 11 is 0. The first-order valence-electron chi connectivity index (χ1n) is 10.5. The van der Waals surface area contributed by atoms with Crippen molar-refractivity contribution in [2.24, 2.45) is 0 Å². The molecule has 7 nitrogen and oxygen atoms in total. The summed E-state index contributed by atoms with van der Waals surface area (Å²) in [5.74, 6) is -1.19. The summed E-state index contributed by atoms with van der Waals surface area (Å²) in [7, 11) is 0. The third-order valence-electron chi connectivity index (χ3n) is 5.18.